The smallest absolute Gasteiger partial charge is 0.410 e. The number of aromatic nitrogens is 2. The van der Waals surface area contributed by atoms with Crippen LogP contribution in [0.1, 0.15) is 80.8 Å². The highest BCUT2D eigenvalue weighted by Crippen LogP contribution is 2.30. The monoisotopic (exact) mass is 407 g/mol. The Morgan fingerprint density at radius 2 is 1.90 bits per heavy atom. The predicted octanol–water partition coefficient (Wildman–Crippen LogP) is 3.78. The molecule has 8 nitrogen and oxygen atoms in total. The summed E-state index contributed by atoms with van der Waals surface area (Å²) < 4.78 is 13.1. The molecule has 3 heterocycles. The zero-order valence-corrected chi connectivity index (χ0v) is 17.9. The van der Waals surface area contributed by atoms with E-state index in [9.17, 15) is 14.7 Å². The molecule has 8 heteroatoms. The first-order valence-corrected chi connectivity index (χ1v) is 10.6. The van der Waals surface area contributed by atoms with E-state index in [1.54, 1.807) is 9.58 Å². The molecule has 1 atom stereocenters. The molecule has 0 aromatic carbocycles. The maximum absolute atomic E-state index is 12.3. The zero-order valence-electron chi connectivity index (χ0n) is 17.9. The average molecular weight is 408 g/mol. The number of carboxylic acid groups (broad SMARTS) is 1. The number of carbonyl (C=O) groups is 2. The van der Waals surface area contributed by atoms with Crippen LogP contribution < -0.4 is 0 Å². The molecule has 29 heavy (non-hydrogen) atoms. The van der Waals surface area contributed by atoms with Crippen molar-refractivity contribution in [1.29, 1.82) is 0 Å². The lowest BCUT2D eigenvalue weighted by atomic mass is 9.91. The van der Waals surface area contributed by atoms with Crippen LogP contribution in [0.3, 0.4) is 0 Å². The van der Waals surface area contributed by atoms with E-state index in [1.165, 1.54) is 0 Å². The number of carboxylic acids is 1. The predicted molar refractivity (Wildman–Crippen MR) is 107 cm³/mol. The van der Waals surface area contributed by atoms with Crippen molar-refractivity contribution in [3.63, 3.8) is 0 Å². The average Bonchev–Trinajstić information content (AvgIpc) is 2.98. The fourth-order valence-corrected chi connectivity index (χ4v) is 4.08. The summed E-state index contributed by atoms with van der Waals surface area (Å²) in [6.07, 6.45) is 4.95. The summed E-state index contributed by atoms with van der Waals surface area (Å²) in [5.74, 6) is -0.633. The minimum Gasteiger partial charge on any atom is -0.476 e. The van der Waals surface area contributed by atoms with Gasteiger partial charge in [0.15, 0.2) is 5.69 Å². The number of hydrogen-bond donors (Lipinski definition) is 1. The molecule has 0 aliphatic carbocycles. The molecule has 162 valence electrons. The van der Waals surface area contributed by atoms with Crippen LogP contribution >= 0.6 is 0 Å². The molecular formula is C21H33N3O5. The summed E-state index contributed by atoms with van der Waals surface area (Å²) in [6, 6.07) is 0. The molecule has 2 aliphatic heterocycles. The number of amides is 1. The number of piperidine rings is 1. The summed E-state index contributed by atoms with van der Waals surface area (Å²) in [5, 5.41) is 13.9. The number of carbonyl (C=O) groups excluding carboxylic acids is 1. The van der Waals surface area contributed by atoms with Crippen molar-refractivity contribution in [2.24, 2.45) is 5.92 Å². The Kier molecular flexibility index (Phi) is 6.51. The Labute approximate surface area is 172 Å². The Bertz CT molecular complexity index is 738. The molecule has 1 unspecified atom stereocenters. The molecule has 1 amide bonds. The van der Waals surface area contributed by atoms with Crippen molar-refractivity contribution >= 4 is 12.1 Å². The van der Waals surface area contributed by atoms with Gasteiger partial charge in [-0.15, -0.1) is 0 Å². The first kappa shape index (κ1) is 21.6. The van der Waals surface area contributed by atoms with Crippen LogP contribution in [0.15, 0.2) is 0 Å². The Morgan fingerprint density at radius 1 is 1.21 bits per heavy atom. The van der Waals surface area contributed by atoms with Crippen LogP contribution in [0.2, 0.25) is 0 Å². The van der Waals surface area contributed by atoms with Gasteiger partial charge in [-0.05, 0) is 72.1 Å². The minimum atomic E-state index is -1.00. The van der Waals surface area contributed by atoms with Gasteiger partial charge in [-0.1, -0.05) is 0 Å². The van der Waals surface area contributed by atoms with Gasteiger partial charge in [0.05, 0.1) is 0 Å². The second-order valence-corrected chi connectivity index (χ2v) is 9.11. The van der Waals surface area contributed by atoms with Crippen molar-refractivity contribution in [2.75, 3.05) is 19.7 Å². The maximum atomic E-state index is 12.3. The molecule has 0 radical (unpaired) electrons. The topological polar surface area (TPSA) is 93.9 Å². The van der Waals surface area contributed by atoms with E-state index in [2.05, 4.69) is 5.10 Å². The lowest BCUT2D eigenvalue weighted by molar-refractivity contribution is -0.0417. The Morgan fingerprint density at radius 3 is 2.45 bits per heavy atom. The van der Waals surface area contributed by atoms with Crippen LogP contribution in [0.5, 0.6) is 0 Å². The summed E-state index contributed by atoms with van der Waals surface area (Å²) in [7, 11) is 0. The van der Waals surface area contributed by atoms with Gasteiger partial charge in [0.1, 0.15) is 11.8 Å². The maximum Gasteiger partial charge on any atom is 0.410 e. The lowest BCUT2D eigenvalue weighted by Crippen LogP contribution is -2.42. The first-order valence-electron chi connectivity index (χ1n) is 10.6. The fraction of sp³-hybridized carbons (Fsp3) is 0.762. The second-order valence-electron chi connectivity index (χ2n) is 9.11. The van der Waals surface area contributed by atoms with Crippen LogP contribution in [-0.4, -0.2) is 57.1 Å². The standard InChI is InChI=1S/C21H33N3O5/c1-14-16(24(22-18(14)19(25)26)17-7-5-6-12-28-17)13-15-8-10-23(11-9-15)20(27)29-21(2,3)4/h15,17H,5-13H2,1-4H3,(H,25,26). The van der Waals surface area contributed by atoms with Gasteiger partial charge < -0.3 is 19.5 Å². The van der Waals surface area contributed by atoms with Gasteiger partial charge >= 0.3 is 12.1 Å². The van der Waals surface area contributed by atoms with Gasteiger partial charge in [0, 0.05) is 31.0 Å². The minimum absolute atomic E-state index is 0.111. The molecule has 2 saturated heterocycles. The molecule has 1 aromatic heterocycles. The lowest BCUT2D eigenvalue weighted by Gasteiger charge is -2.34. The molecular weight excluding hydrogens is 374 g/mol. The number of ether oxygens (including phenoxy) is 2. The number of aromatic carboxylic acids is 1. The van der Waals surface area contributed by atoms with E-state index in [0.29, 0.717) is 25.6 Å². The number of rotatable bonds is 4. The van der Waals surface area contributed by atoms with Crippen molar-refractivity contribution in [2.45, 2.75) is 78.0 Å². The van der Waals surface area contributed by atoms with Crippen molar-refractivity contribution < 1.29 is 24.2 Å². The SMILES string of the molecule is Cc1c(C(=O)O)nn(C2CCCCO2)c1CC1CCN(C(=O)OC(C)(C)C)CC1. The quantitative estimate of drug-likeness (QED) is 0.816. The third-order valence-corrected chi connectivity index (χ3v) is 5.65. The van der Waals surface area contributed by atoms with E-state index < -0.39 is 11.6 Å². The zero-order chi connectivity index (χ0) is 21.2. The van der Waals surface area contributed by atoms with Crippen LogP contribution in [-0.2, 0) is 15.9 Å². The van der Waals surface area contributed by atoms with E-state index >= 15 is 0 Å². The molecule has 0 spiro atoms. The van der Waals surface area contributed by atoms with Gasteiger partial charge in [0.2, 0.25) is 0 Å². The highest BCUT2D eigenvalue weighted by Gasteiger charge is 2.30. The third-order valence-electron chi connectivity index (χ3n) is 5.65. The highest BCUT2D eigenvalue weighted by atomic mass is 16.6. The Hall–Kier alpha value is -2.09. The van der Waals surface area contributed by atoms with E-state index in [-0.39, 0.29) is 18.0 Å². The molecule has 2 fully saturated rings. The fourth-order valence-electron chi connectivity index (χ4n) is 4.08. The van der Waals surface area contributed by atoms with E-state index in [0.717, 1.165) is 49.8 Å². The van der Waals surface area contributed by atoms with E-state index in [1.807, 2.05) is 27.7 Å². The van der Waals surface area contributed by atoms with Gasteiger partial charge in [-0.2, -0.15) is 5.10 Å². The first-order chi connectivity index (χ1) is 13.7. The number of nitrogens with zero attached hydrogens (tertiary/aromatic N) is 3. The van der Waals surface area contributed by atoms with E-state index in [4.69, 9.17) is 9.47 Å². The molecule has 1 aromatic rings. The van der Waals surface area contributed by atoms with Gasteiger partial charge in [-0.3, -0.25) is 0 Å². The van der Waals surface area contributed by atoms with Gasteiger partial charge in [-0.25, -0.2) is 14.3 Å². The number of likely N-dealkylation sites (tertiary alicyclic amines) is 1. The van der Waals surface area contributed by atoms with Crippen LogP contribution in [0.4, 0.5) is 4.79 Å². The normalized spacial score (nSPS) is 21.2. The summed E-state index contributed by atoms with van der Waals surface area (Å²) >= 11 is 0. The van der Waals surface area contributed by atoms with Gasteiger partial charge in [0.25, 0.3) is 0 Å². The molecule has 1 N–H and O–H groups in total. The van der Waals surface area contributed by atoms with Crippen molar-refractivity contribution in [1.82, 2.24) is 14.7 Å². The summed E-state index contributed by atoms with van der Waals surface area (Å²) in [4.78, 5) is 25.7. The third kappa shape index (κ3) is 5.29. The van der Waals surface area contributed by atoms with Crippen molar-refractivity contribution in [3.05, 3.63) is 17.0 Å². The Balaban J connectivity index is 1.69. The molecule has 2 aliphatic rings. The molecule has 0 bridgehead atoms. The summed E-state index contributed by atoms with van der Waals surface area (Å²) in [5.41, 5.74) is 1.29. The molecule has 0 saturated carbocycles. The molecule has 3 rings (SSSR count). The number of hydrogen-bond acceptors (Lipinski definition) is 5. The van der Waals surface area contributed by atoms with Crippen LogP contribution in [0.25, 0.3) is 0 Å². The van der Waals surface area contributed by atoms with Crippen LogP contribution in [0, 0.1) is 12.8 Å². The largest absolute Gasteiger partial charge is 0.476 e. The highest BCUT2D eigenvalue weighted by molar-refractivity contribution is 5.87. The van der Waals surface area contributed by atoms with Crippen molar-refractivity contribution in [3.8, 4) is 0 Å². The summed E-state index contributed by atoms with van der Waals surface area (Å²) in [6.45, 7) is 9.43. The second kappa shape index (κ2) is 8.73.